The summed E-state index contributed by atoms with van der Waals surface area (Å²) in [5, 5.41) is 0. The number of nitrogens with zero attached hydrogens (tertiary/aromatic N) is 2. The normalized spacial score (nSPS) is 23.0. The van der Waals surface area contributed by atoms with Crippen LogP contribution in [0.4, 0.5) is 0 Å². The van der Waals surface area contributed by atoms with E-state index in [0.717, 1.165) is 0 Å². The van der Waals surface area contributed by atoms with Gasteiger partial charge in [0.1, 0.15) is 10.5 Å². The molecule has 1 spiro atoms. The maximum absolute atomic E-state index is 12.7. The van der Waals surface area contributed by atoms with Crippen molar-refractivity contribution in [2.75, 3.05) is 25.4 Å². The molecule has 0 N–H and O–H groups in total. The zero-order valence-corrected chi connectivity index (χ0v) is 15.2. The topological polar surface area (TPSA) is 89.7 Å². The third-order valence-electron chi connectivity index (χ3n) is 5.32. The summed E-state index contributed by atoms with van der Waals surface area (Å²) in [5.74, 6) is 1.08. The van der Waals surface area contributed by atoms with Gasteiger partial charge < -0.3 is 14.1 Å². The maximum Gasteiger partial charge on any atom is 0.289 e. The monoisotopic (exact) mass is 376 g/mol. The minimum absolute atomic E-state index is 0.130. The lowest BCUT2D eigenvalue weighted by Crippen LogP contribution is -2.68. The molecule has 2 fully saturated rings. The van der Waals surface area contributed by atoms with Gasteiger partial charge in [-0.3, -0.25) is 4.79 Å². The Balaban J connectivity index is 1.47. The lowest BCUT2D eigenvalue weighted by Gasteiger charge is -2.49. The van der Waals surface area contributed by atoms with E-state index in [0.29, 0.717) is 18.1 Å². The summed E-state index contributed by atoms with van der Waals surface area (Å²) in [6.45, 7) is 2.41. The highest BCUT2D eigenvalue weighted by atomic mass is 32.2. The fourth-order valence-electron chi connectivity index (χ4n) is 3.77. The van der Waals surface area contributed by atoms with E-state index in [4.69, 9.17) is 9.15 Å². The Morgan fingerprint density at radius 2 is 2.15 bits per heavy atom. The molecule has 138 valence electrons. The number of ether oxygens (including phenoxy) is 1. The van der Waals surface area contributed by atoms with E-state index < -0.39 is 14.6 Å². The van der Waals surface area contributed by atoms with Gasteiger partial charge in [0, 0.05) is 31.3 Å². The van der Waals surface area contributed by atoms with Gasteiger partial charge in [0.15, 0.2) is 15.6 Å². The quantitative estimate of drug-likeness (QED) is 0.807. The van der Waals surface area contributed by atoms with E-state index in [-0.39, 0.29) is 43.0 Å². The van der Waals surface area contributed by atoms with Gasteiger partial charge in [-0.2, -0.15) is 0 Å². The molecule has 0 radical (unpaired) electrons. The molecular formula is C18H20N2O5S. The molecule has 1 amide bonds. The molecule has 1 atom stereocenters. The van der Waals surface area contributed by atoms with Crippen LogP contribution in [-0.4, -0.2) is 54.4 Å². The Morgan fingerprint density at radius 3 is 2.81 bits per heavy atom. The Morgan fingerprint density at radius 1 is 1.35 bits per heavy atom. The van der Waals surface area contributed by atoms with E-state index in [2.05, 4.69) is 4.98 Å². The molecule has 0 saturated carbocycles. The molecule has 26 heavy (non-hydrogen) atoms. The van der Waals surface area contributed by atoms with Crippen LogP contribution in [-0.2, 0) is 9.84 Å². The van der Waals surface area contributed by atoms with Crippen LogP contribution in [0.2, 0.25) is 0 Å². The molecule has 0 bridgehead atoms. The Labute approximate surface area is 151 Å². The number of carbonyl (C=O) groups is 1. The average molecular weight is 376 g/mol. The zero-order valence-electron chi connectivity index (χ0n) is 14.4. The van der Waals surface area contributed by atoms with Crippen LogP contribution < -0.4 is 4.74 Å². The SMILES string of the molecule is Cc1ccc(C(=O)N2CC3(C2)[C@H](COc2ccccn2)CCS3(=O)=O)o1. The van der Waals surface area contributed by atoms with Gasteiger partial charge in [0.25, 0.3) is 5.91 Å². The Kier molecular flexibility index (Phi) is 4.02. The van der Waals surface area contributed by atoms with Crippen LogP contribution >= 0.6 is 0 Å². The lowest BCUT2D eigenvalue weighted by molar-refractivity contribution is 0.0377. The number of hydrogen-bond donors (Lipinski definition) is 0. The molecule has 2 aromatic rings. The number of likely N-dealkylation sites (tertiary alicyclic amines) is 1. The molecule has 0 aromatic carbocycles. The van der Waals surface area contributed by atoms with Crippen molar-refractivity contribution in [3.8, 4) is 5.88 Å². The second kappa shape index (κ2) is 6.12. The number of aryl methyl sites for hydroxylation is 1. The van der Waals surface area contributed by atoms with Crippen molar-refractivity contribution >= 4 is 15.7 Å². The van der Waals surface area contributed by atoms with Crippen molar-refractivity contribution in [1.29, 1.82) is 0 Å². The van der Waals surface area contributed by atoms with E-state index >= 15 is 0 Å². The fraction of sp³-hybridized carbons (Fsp3) is 0.444. The first-order valence-corrected chi connectivity index (χ1v) is 10.2. The van der Waals surface area contributed by atoms with E-state index in [1.54, 1.807) is 37.4 Å². The summed E-state index contributed by atoms with van der Waals surface area (Å²) >= 11 is 0. The molecule has 4 heterocycles. The van der Waals surface area contributed by atoms with Gasteiger partial charge >= 0.3 is 0 Å². The van der Waals surface area contributed by atoms with Gasteiger partial charge in [-0.1, -0.05) is 6.07 Å². The van der Waals surface area contributed by atoms with Gasteiger partial charge in [-0.15, -0.1) is 0 Å². The Hall–Kier alpha value is -2.35. The average Bonchev–Trinajstić information content (AvgIpc) is 3.13. The van der Waals surface area contributed by atoms with Gasteiger partial charge in [-0.05, 0) is 31.5 Å². The number of aromatic nitrogens is 1. The molecule has 4 rings (SSSR count). The highest BCUT2D eigenvalue weighted by molar-refractivity contribution is 7.93. The van der Waals surface area contributed by atoms with E-state index in [1.165, 1.54) is 4.90 Å². The predicted molar refractivity (Wildman–Crippen MR) is 93.7 cm³/mol. The van der Waals surface area contributed by atoms with Crippen molar-refractivity contribution in [3.63, 3.8) is 0 Å². The molecule has 2 aliphatic rings. The number of pyridine rings is 1. The molecule has 0 aliphatic carbocycles. The van der Waals surface area contributed by atoms with Crippen molar-refractivity contribution in [1.82, 2.24) is 9.88 Å². The zero-order chi connectivity index (χ0) is 18.4. The molecule has 0 unspecified atom stereocenters. The third-order valence-corrected chi connectivity index (χ3v) is 7.93. The minimum atomic E-state index is -3.27. The highest BCUT2D eigenvalue weighted by Crippen LogP contribution is 2.45. The molecule has 7 nitrogen and oxygen atoms in total. The summed E-state index contributed by atoms with van der Waals surface area (Å²) in [6.07, 6.45) is 2.17. The van der Waals surface area contributed by atoms with Crippen LogP contribution in [0.25, 0.3) is 0 Å². The van der Waals surface area contributed by atoms with Crippen molar-refractivity contribution in [2.45, 2.75) is 18.1 Å². The minimum Gasteiger partial charge on any atom is -0.477 e. The van der Waals surface area contributed by atoms with Crippen LogP contribution in [0.15, 0.2) is 40.9 Å². The van der Waals surface area contributed by atoms with Crippen LogP contribution in [0.5, 0.6) is 5.88 Å². The molecule has 2 aromatic heterocycles. The number of sulfone groups is 1. The molecule has 8 heteroatoms. The fourth-order valence-corrected chi connectivity index (χ4v) is 6.18. The smallest absolute Gasteiger partial charge is 0.289 e. The van der Waals surface area contributed by atoms with Crippen LogP contribution in [0, 0.1) is 12.8 Å². The summed E-state index contributed by atoms with van der Waals surface area (Å²) in [4.78, 5) is 18.1. The van der Waals surface area contributed by atoms with Crippen molar-refractivity contribution < 1.29 is 22.4 Å². The van der Waals surface area contributed by atoms with E-state index in [9.17, 15) is 13.2 Å². The first kappa shape index (κ1) is 17.1. The highest BCUT2D eigenvalue weighted by Gasteiger charge is 2.63. The number of furan rings is 1. The second-order valence-corrected chi connectivity index (χ2v) is 9.37. The van der Waals surface area contributed by atoms with Gasteiger partial charge in [0.05, 0.1) is 12.4 Å². The van der Waals surface area contributed by atoms with Crippen LogP contribution in [0.3, 0.4) is 0 Å². The van der Waals surface area contributed by atoms with Gasteiger partial charge in [-0.25, -0.2) is 13.4 Å². The number of amides is 1. The van der Waals surface area contributed by atoms with Crippen molar-refractivity contribution in [2.24, 2.45) is 5.92 Å². The summed E-state index contributed by atoms with van der Waals surface area (Å²) in [6, 6.07) is 8.69. The predicted octanol–water partition coefficient (Wildman–Crippen LogP) is 1.69. The number of rotatable bonds is 4. The standard InChI is InChI=1S/C18H20N2O5S/c1-13-5-6-15(25-13)17(21)20-11-18(12-20)14(7-9-26(18,22)23)10-24-16-4-2-3-8-19-16/h2-6,8,14H,7,9-12H2,1H3/t14-/m0/s1. The number of hydrogen-bond acceptors (Lipinski definition) is 6. The second-order valence-electron chi connectivity index (χ2n) is 6.92. The summed E-state index contributed by atoms with van der Waals surface area (Å²) in [7, 11) is -3.27. The number of carbonyl (C=O) groups excluding carboxylic acids is 1. The molecular weight excluding hydrogens is 356 g/mol. The summed E-state index contributed by atoms with van der Waals surface area (Å²) < 4.78 is 35.5. The first-order valence-electron chi connectivity index (χ1n) is 8.53. The maximum atomic E-state index is 12.7. The molecule has 2 saturated heterocycles. The van der Waals surface area contributed by atoms with Crippen LogP contribution in [0.1, 0.15) is 22.7 Å². The third kappa shape index (κ3) is 2.68. The Bertz CT molecular complexity index is 916. The molecule has 2 aliphatic heterocycles. The first-order chi connectivity index (χ1) is 12.4. The summed E-state index contributed by atoms with van der Waals surface area (Å²) in [5.41, 5.74) is 0. The van der Waals surface area contributed by atoms with Crippen molar-refractivity contribution in [3.05, 3.63) is 48.0 Å². The van der Waals surface area contributed by atoms with Gasteiger partial charge in [0.2, 0.25) is 5.88 Å². The largest absolute Gasteiger partial charge is 0.477 e. The lowest BCUT2D eigenvalue weighted by atomic mass is 9.83. The van der Waals surface area contributed by atoms with E-state index in [1.807, 2.05) is 6.07 Å².